The second kappa shape index (κ2) is 7.59. The second-order valence-corrected chi connectivity index (χ2v) is 6.46. The van der Waals surface area contributed by atoms with Gasteiger partial charge < -0.3 is 0 Å². The lowest BCUT2D eigenvalue weighted by molar-refractivity contribution is 0.759. The van der Waals surface area contributed by atoms with Gasteiger partial charge in [-0.2, -0.15) is 9.78 Å². The minimum absolute atomic E-state index is 0.457. The Morgan fingerprint density at radius 2 is 2.04 bits per heavy atom. The zero-order chi connectivity index (χ0) is 16.1. The topological polar surface area (TPSA) is 46.0 Å². The molecule has 0 saturated carbocycles. The number of hydrogen-bond acceptors (Lipinski definition) is 4. The van der Waals surface area contributed by atoms with E-state index in [0.29, 0.717) is 9.79 Å². The summed E-state index contributed by atoms with van der Waals surface area (Å²) in [7, 11) is 0. The highest BCUT2D eigenvalue weighted by Crippen LogP contribution is 2.21. The smallest absolute Gasteiger partial charge is 0.217 e. The van der Waals surface area contributed by atoms with Gasteiger partial charge in [-0.3, -0.25) is 0 Å². The lowest BCUT2D eigenvalue weighted by Gasteiger charge is -2.01. The number of aromatic nitrogens is 3. The molecule has 0 spiro atoms. The summed E-state index contributed by atoms with van der Waals surface area (Å²) in [6, 6.07) is 17.7. The number of hydrogen-bond donors (Lipinski definition) is 1. The van der Waals surface area contributed by atoms with E-state index in [2.05, 4.69) is 27.4 Å². The molecule has 0 unspecified atom stereocenters. The van der Waals surface area contributed by atoms with E-state index in [4.69, 9.17) is 23.8 Å². The van der Waals surface area contributed by atoms with Crippen molar-refractivity contribution in [3.05, 3.63) is 75.5 Å². The molecule has 7 heteroatoms. The summed E-state index contributed by atoms with van der Waals surface area (Å²) < 4.78 is 2.07. The molecule has 0 amide bonds. The van der Waals surface area contributed by atoms with Gasteiger partial charge in [-0.25, -0.2) is 5.10 Å². The molecule has 0 aliphatic carbocycles. The summed E-state index contributed by atoms with van der Waals surface area (Å²) >= 11 is 12.8. The molecule has 0 saturated heterocycles. The van der Waals surface area contributed by atoms with E-state index in [0.717, 1.165) is 16.5 Å². The van der Waals surface area contributed by atoms with Crippen molar-refractivity contribution in [2.24, 2.45) is 5.10 Å². The molecular formula is C16H13ClN4S2. The van der Waals surface area contributed by atoms with Crippen LogP contribution in [-0.2, 0) is 5.75 Å². The molecule has 1 aromatic heterocycles. The Morgan fingerprint density at radius 3 is 2.83 bits per heavy atom. The van der Waals surface area contributed by atoms with Crippen LogP contribution in [0.5, 0.6) is 0 Å². The van der Waals surface area contributed by atoms with Crippen LogP contribution in [0.25, 0.3) is 0 Å². The third-order valence-electron chi connectivity index (χ3n) is 3.00. The van der Waals surface area contributed by atoms with Crippen LogP contribution in [0, 0.1) is 4.77 Å². The fourth-order valence-electron chi connectivity index (χ4n) is 1.91. The molecule has 3 aromatic rings. The van der Waals surface area contributed by atoms with Crippen molar-refractivity contribution in [2.45, 2.75) is 10.9 Å². The van der Waals surface area contributed by atoms with Gasteiger partial charge in [0.2, 0.25) is 9.93 Å². The number of halogens is 1. The summed E-state index contributed by atoms with van der Waals surface area (Å²) in [5, 5.41) is 12.8. The third-order valence-corrected chi connectivity index (χ3v) is 4.50. The summed E-state index contributed by atoms with van der Waals surface area (Å²) in [6.45, 7) is 0. The van der Waals surface area contributed by atoms with Gasteiger partial charge in [0, 0.05) is 10.8 Å². The molecule has 0 atom stereocenters. The van der Waals surface area contributed by atoms with Gasteiger partial charge in [0.1, 0.15) is 0 Å². The molecule has 3 rings (SSSR count). The van der Waals surface area contributed by atoms with Crippen molar-refractivity contribution in [3.63, 3.8) is 0 Å². The summed E-state index contributed by atoms with van der Waals surface area (Å²) in [5.74, 6) is 0.799. The molecule has 4 nitrogen and oxygen atoms in total. The van der Waals surface area contributed by atoms with Gasteiger partial charge in [0.05, 0.1) is 6.21 Å². The number of benzene rings is 2. The van der Waals surface area contributed by atoms with E-state index < -0.39 is 0 Å². The Balaban J connectivity index is 1.77. The summed E-state index contributed by atoms with van der Waals surface area (Å²) in [4.78, 5) is 0. The summed E-state index contributed by atoms with van der Waals surface area (Å²) in [5.41, 5.74) is 2.12. The predicted octanol–water partition coefficient (Wildman–Crippen LogP) is 4.77. The van der Waals surface area contributed by atoms with Crippen molar-refractivity contribution < 1.29 is 0 Å². The number of nitrogens with one attached hydrogen (secondary N) is 1. The van der Waals surface area contributed by atoms with E-state index in [1.165, 1.54) is 5.56 Å². The van der Waals surface area contributed by atoms with Crippen LogP contribution in [0.15, 0.2) is 64.9 Å². The molecule has 116 valence electrons. The number of rotatable bonds is 5. The molecule has 23 heavy (non-hydrogen) atoms. The third kappa shape index (κ3) is 4.31. The first-order valence-corrected chi connectivity index (χ1v) is 8.63. The molecule has 0 aliphatic rings. The van der Waals surface area contributed by atoms with Crippen molar-refractivity contribution in [1.82, 2.24) is 14.9 Å². The van der Waals surface area contributed by atoms with Crippen LogP contribution in [-0.4, -0.2) is 21.1 Å². The Kier molecular flexibility index (Phi) is 5.27. The van der Waals surface area contributed by atoms with Crippen LogP contribution in [0.4, 0.5) is 0 Å². The lowest BCUT2D eigenvalue weighted by Crippen LogP contribution is -1.94. The molecule has 1 heterocycles. The minimum atomic E-state index is 0.457. The van der Waals surface area contributed by atoms with Crippen LogP contribution in [0.2, 0.25) is 5.02 Å². The van der Waals surface area contributed by atoms with Gasteiger partial charge in [-0.15, -0.1) is 5.10 Å². The van der Waals surface area contributed by atoms with Gasteiger partial charge in [-0.05, 0) is 35.5 Å². The average Bonchev–Trinajstić information content (AvgIpc) is 2.92. The van der Waals surface area contributed by atoms with Crippen molar-refractivity contribution in [1.29, 1.82) is 0 Å². The number of aromatic amines is 1. The zero-order valence-electron chi connectivity index (χ0n) is 12.0. The van der Waals surface area contributed by atoms with E-state index in [1.807, 2.05) is 42.5 Å². The Bertz CT molecular complexity index is 871. The molecular weight excluding hydrogens is 348 g/mol. The normalized spacial score (nSPS) is 11.2. The van der Waals surface area contributed by atoms with Crippen LogP contribution < -0.4 is 0 Å². The first-order valence-electron chi connectivity index (χ1n) is 6.86. The zero-order valence-corrected chi connectivity index (χ0v) is 14.4. The Labute approximate surface area is 148 Å². The lowest BCUT2D eigenvalue weighted by atomic mass is 10.2. The molecule has 2 aromatic carbocycles. The van der Waals surface area contributed by atoms with Crippen molar-refractivity contribution >= 4 is 41.8 Å². The first kappa shape index (κ1) is 16.0. The molecule has 1 N–H and O–H groups in total. The molecule has 0 radical (unpaired) electrons. The Morgan fingerprint density at radius 1 is 1.22 bits per heavy atom. The first-order chi connectivity index (χ1) is 11.2. The van der Waals surface area contributed by atoms with Crippen molar-refractivity contribution in [3.8, 4) is 0 Å². The van der Waals surface area contributed by atoms with Gasteiger partial charge in [0.25, 0.3) is 0 Å². The van der Waals surface area contributed by atoms with E-state index in [9.17, 15) is 0 Å². The minimum Gasteiger partial charge on any atom is -0.249 e. The number of nitrogens with zero attached hydrogens (tertiary/aromatic N) is 3. The van der Waals surface area contributed by atoms with Crippen molar-refractivity contribution in [2.75, 3.05) is 0 Å². The SMILES string of the molecule is S=c1[nH]nc(SCc2ccccc2)n1/N=C\c1cccc(Cl)c1. The highest BCUT2D eigenvalue weighted by atomic mass is 35.5. The number of thioether (sulfide) groups is 1. The largest absolute Gasteiger partial charge is 0.249 e. The predicted molar refractivity (Wildman–Crippen MR) is 97.9 cm³/mol. The van der Waals surface area contributed by atoms with Crippen LogP contribution >= 0.6 is 35.6 Å². The quantitative estimate of drug-likeness (QED) is 0.405. The fraction of sp³-hybridized carbons (Fsp3) is 0.0625. The second-order valence-electron chi connectivity index (χ2n) is 4.70. The number of H-pyrrole nitrogens is 1. The highest BCUT2D eigenvalue weighted by Gasteiger charge is 2.06. The average molecular weight is 361 g/mol. The van der Waals surface area contributed by atoms with Crippen LogP contribution in [0.3, 0.4) is 0 Å². The van der Waals surface area contributed by atoms with E-state index >= 15 is 0 Å². The van der Waals surface area contributed by atoms with Gasteiger partial charge in [-0.1, -0.05) is 65.8 Å². The molecule has 0 bridgehead atoms. The maximum atomic E-state index is 5.97. The fourth-order valence-corrected chi connectivity index (χ4v) is 3.20. The van der Waals surface area contributed by atoms with Gasteiger partial charge in [0.15, 0.2) is 0 Å². The maximum Gasteiger partial charge on any atom is 0.217 e. The Hall–Kier alpha value is -1.89. The maximum absolute atomic E-state index is 5.97. The molecule has 0 fully saturated rings. The van der Waals surface area contributed by atoms with E-state index in [1.54, 1.807) is 22.7 Å². The van der Waals surface area contributed by atoms with E-state index in [-0.39, 0.29) is 0 Å². The monoisotopic (exact) mass is 360 g/mol. The standard InChI is InChI=1S/C16H13ClN4S2/c17-14-8-4-7-13(9-14)10-18-21-15(22)19-20-16(21)23-11-12-5-2-1-3-6-12/h1-10H,11H2,(H,19,22)/b18-10-. The van der Waals surface area contributed by atoms with Gasteiger partial charge >= 0.3 is 0 Å². The van der Waals surface area contributed by atoms with Crippen LogP contribution in [0.1, 0.15) is 11.1 Å². The summed E-state index contributed by atoms with van der Waals surface area (Å²) in [6.07, 6.45) is 1.71. The highest BCUT2D eigenvalue weighted by molar-refractivity contribution is 7.98. The molecule has 0 aliphatic heterocycles.